The molecule has 2 N–H and O–H groups in total. The molecule has 0 aliphatic carbocycles. The molecule has 1 atom stereocenters. The van der Waals surface area contributed by atoms with Crippen molar-refractivity contribution < 1.29 is 19.0 Å². The van der Waals surface area contributed by atoms with Gasteiger partial charge in [-0.15, -0.1) is 0 Å². The average molecular weight is 524 g/mol. The molecule has 8 nitrogen and oxygen atoms in total. The van der Waals surface area contributed by atoms with E-state index in [9.17, 15) is 14.3 Å². The van der Waals surface area contributed by atoms with Crippen LogP contribution in [0.15, 0.2) is 55.0 Å². The Morgan fingerprint density at radius 1 is 1.22 bits per heavy atom. The predicted octanol–water partition coefficient (Wildman–Crippen LogP) is 5.59. The molecule has 2 aromatic heterocycles. The Kier molecular flexibility index (Phi) is 8.09. The van der Waals surface area contributed by atoms with Gasteiger partial charge in [0.05, 0.1) is 11.6 Å². The Morgan fingerprint density at radius 3 is 2.76 bits per heavy atom. The van der Waals surface area contributed by atoms with Gasteiger partial charge in [0.2, 0.25) is 0 Å². The maximum absolute atomic E-state index is 13.7. The van der Waals surface area contributed by atoms with Gasteiger partial charge in [-0.3, -0.25) is 0 Å². The zero-order valence-corrected chi connectivity index (χ0v) is 22.7. The number of halogens is 1. The molecule has 0 fully saturated rings. The second kappa shape index (κ2) is 11.3. The summed E-state index contributed by atoms with van der Waals surface area (Å²) in [5.41, 5.74) is 3.63. The number of imidazole rings is 1. The van der Waals surface area contributed by atoms with E-state index in [1.807, 2.05) is 40.6 Å². The number of hydrogen-bond donors (Lipinski definition) is 2. The van der Waals surface area contributed by atoms with Gasteiger partial charge in [0.25, 0.3) is 0 Å². The van der Waals surface area contributed by atoms with Crippen molar-refractivity contribution in [3.05, 3.63) is 83.3 Å². The van der Waals surface area contributed by atoms with Crippen LogP contribution in [-0.4, -0.2) is 45.2 Å². The molecular weight excluding hydrogens is 489 g/mol. The van der Waals surface area contributed by atoms with Crippen LogP contribution in [0.1, 0.15) is 28.6 Å². The number of carboxylic acid groups (broad SMARTS) is 1. The predicted molar refractivity (Wildman–Crippen MR) is 144 cm³/mol. The first kappa shape index (κ1) is 26.6. The van der Waals surface area contributed by atoms with Crippen LogP contribution in [-0.2, 0) is 24.4 Å². The summed E-state index contributed by atoms with van der Waals surface area (Å²) in [4.78, 5) is 16.1. The number of nitrogens with zero attached hydrogens (tertiary/aromatic N) is 4. The standard InChI is InChI=1S/C27H34FN5O3Si/c1-19-12-21(13-22-17-33(31-25(19)22)18-36-10-11-37(2,3)4)15-24(30-27(34)35)26-29-8-9-32(26)16-20-6-5-7-23(28)14-20/h5-9,12-14,17,24,30H,10-11,15-16,18H2,1-4H3,(H,34,35). The molecule has 2 aromatic carbocycles. The highest BCUT2D eigenvalue weighted by molar-refractivity contribution is 6.76. The minimum absolute atomic E-state index is 0.315. The Labute approximate surface area is 217 Å². The Balaban J connectivity index is 1.53. The summed E-state index contributed by atoms with van der Waals surface area (Å²) >= 11 is 0. The minimum atomic E-state index is -1.15. The van der Waals surface area contributed by atoms with Gasteiger partial charge in [-0.25, -0.2) is 18.9 Å². The average Bonchev–Trinajstić information content (AvgIpc) is 3.42. The van der Waals surface area contributed by atoms with Gasteiger partial charge in [-0.2, -0.15) is 5.10 Å². The fraction of sp³-hybridized carbons (Fsp3) is 0.370. The summed E-state index contributed by atoms with van der Waals surface area (Å²) in [5.74, 6) is 0.251. The molecule has 1 amide bonds. The number of fused-ring (bicyclic) bond motifs is 1. The third-order valence-electron chi connectivity index (χ3n) is 6.17. The van der Waals surface area contributed by atoms with Crippen LogP contribution in [0, 0.1) is 12.7 Å². The molecule has 0 aliphatic rings. The van der Waals surface area contributed by atoms with E-state index in [0.29, 0.717) is 25.5 Å². The van der Waals surface area contributed by atoms with E-state index >= 15 is 0 Å². The van der Waals surface area contributed by atoms with Gasteiger partial charge in [0.1, 0.15) is 18.4 Å². The maximum Gasteiger partial charge on any atom is 0.405 e. The van der Waals surface area contributed by atoms with E-state index in [1.165, 1.54) is 12.1 Å². The summed E-state index contributed by atoms with van der Waals surface area (Å²) in [6.07, 6.45) is 4.64. The van der Waals surface area contributed by atoms with Gasteiger partial charge in [0.15, 0.2) is 0 Å². The van der Waals surface area contributed by atoms with E-state index in [2.05, 4.69) is 35.0 Å². The van der Waals surface area contributed by atoms with Crippen LogP contribution in [0.2, 0.25) is 25.7 Å². The second-order valence-corrected chi connectivity index (χ2v) is 16.2. The summed E-state index contributed by atoms with van der Waals surface area (Å²) < 4.78 is 23.2. The Morgan fingerprint density at radius 2 is 2.03 bits per heavy atom. The number of hydrogen-bond acceptors (Lipinski definition) is 4. The molecule has 10 heteroatoms. The lowest BCUT2D eigenvalue weighted by Crippen LogP contribution is -2.30. The smallest absolute Gasteiger partial charge is 0.405 e. The molecular formula is C27H34FN5O3Si. The number of benzene rings is 2. The van der Waals surface area contributed by atoms with Crippen molar-refractivity contribution in [2.75, 3.05) is 6.61 Å². The van der Waals surface area contributed by atoms with Gasteiger partial charge in [-0.05, 0) is 47.9 Å². The monoisotopic (exact) mass is 523 g/mol. The number of aryl methyl sites for hydroxylation is 1. The second-order valence-electron chi connectivity index (χ2n) is 10.6. The van der Waals surface area contributed by atoms with E-state index < -0.39 is 20.2 Å². The van der Waals surface area contributed by atoms with Crippen molar-refractivity contribution in [2.45, 2.75) is 58.3 Å². The van der Waals surface area contributed by atoms with Gasteiger partial charge in [-0.1, -0.05) is 37.8 Å². The summed E-state index contributed by atoms with van der Waals surface area (Å²) in [7, 11) is -1.15. The highest BCUT2D eigenvalue weighted by atomic mass is 28.3. The largest absolute Gasteiger partial charge is 0.465 e. The lowest BCUT2D eigenvalue weighted by Gasteiger charge is -2.19. The first-order valence-corrected chi connectivity index (χ1v) is 16.1. The van der Waals surface area contributed by atoms with Crippen LogP contribution < -0.4 is 5.32 Å². The van der Waals surface area contributed by atoms with Crippen molar-refractivity contribution in [1.29, 1.82) is 0 Å². The molecule has 0 aliphatic heterocycles. The molecule has 196 valence electrons. The molecule has 0 saturated carbocycles. The van der Waals surface area contributed by atoms with E-state index in [4.69, 9.17) is 4.74 Å². The van der Waals surface area contributed by atoms with Crippen molar-refractivity contribution in [2.24, 2.45) is 0 Å². The van der Waals surface area contributed by atoms with E-state index in [1.54, 1.807) is 18.5 Å². The normalized spacial score (nSPS) is 12.7. The quantitative estimate of drug-likeness (QED) is 0.197. The first-order valence-electron chi connectivity index (χ1n) is 12.4. The lowest BCUT2D eigenvalue weighted by molar-refractivity contribution is 0.0791. The van der Waals surface area contributed by atoms with Crippen molar-refractivity contribution in [1.82, 2.24) is 24.6 Å². The molecule has 0 radical (unpaired) electrons. The molecule has 37 heavy (non-hydrogen) atoms. The van der Waals surface area contributed by atoms with Crippen LogP contribution in [0.4, 0.5) is 9.18 Å². The van der Waals surface area contributed by atoms with Crippen molar-refractivity contribution in [3.63, 3.8) is 0 Å². The number of aromatic nitrogens is 4. The fourth-order valence-electron chi connectivity index (χ4n) is 4.35. The SMILES string of the molecule is Cc1cc(CC(NC(=O)O)c2nccn2Cc2cccc(F)c2)cc2cn(COCC[Si](C)(C)C)nc12. The molecule has 0 spiro atoms. The van der Waals surface area contributed by atoms with Crippen LogP contribution in [0.5, 0.6) is 0 Å². The number of rotatable bonds is 11. The van der Waals surface area contributed by atoms with Gasteiger partial charge < -0.3 is 19.7 Å². The maximum atomic E-state index is 13.7. The Hall–Kier alpha value is -3.50. The number of nitrogens with one attached hydrogen (secondary N) is 1. The molecule has 4 rings (SSSR count). The van der Waals surface area contributed by atoms with Crippen LogP contribution in [0.25, 0.3) is 10.9 Å². The molecule has 4 aromatic rings. The Bertz CT molecular complexity index is 1380. The van der Waals surface area contributed by atoms with Gasteiger partial charge >= 0.3 is 6.09 Å². The number of carbonyl (C=O) groups is 1. The van der Waals surface area contributed by atoms with E-state index in [-0.39, 0.29) is 5.82 Å². The van der Waals surface area contributed by atoms with Crippen molar-refractivity contribution in [3.8, 4) is 0 Å². The third kappa shape index (κ3) is 7.27. The number of amides is 1. The molecule has 0 bridgehead atoms. The fourth-order valence-corrected chi connectivity index (χ4v) is 5.10. The topological polar surface area (TPSA) is 94.2 Å². The zero-order chi connectivity index (χ0) is 26.6. The van der Waals surface area contributed by atoms with Crippen LogP contribution in [0.3, 0.4) is 0 Å². The molecule has 2 heterocycles. The minimum Gasteiger partial charge on any atom is -0.465 e. The molecule has 0 saturated heterocycles. The first-order chi connectivity index (χ1) is 17.6. The highest BCUT2D eigenvalue weighted by Crippen LogP contribution is 2.24. The third-order valence-corrected chi connectivity index (χ3v) is 7.87. The highest BCUT2D eigenvalue weighted by Gasteiger charge is 2.21. The van der Waals surface area contributed by atoms with Crippen LogP contribution >= 0.6 is 0 Å². The van der Waals surface area contributed by atoms with Crippen molar-refractivity contribution >= 4 is 25.1 Å². The lowest BCUT2D eigenvalue weighted by atomic mass is 10.0. The zero-order valence-electron chi connectivity index (χ0n) is 21.7. The summed E-state index contributed by atoms with van der Waals surface area (Å²) in [6, 6.07) is 10.9. The number of ether oxygens (including phenoxy) is 1. The summed E-state index contributed by atoms with van der Waals surface area (Å²) in [5, 5.41) is 17.8. The summed E-state index contributed by atoms with van der Waals surface area (Å²) in [6.45, 7) is 10.5. The molecule has 1 unspecified atom stereocenters. The van der Waals surface area contributed by atoms with Gasteiger partial charge in [0, 0.05) is 51.6 Å². The van der Waals surface area contributed by atoms with E-state index in [0.717, 1.165) is 40.2 Å².